The lowest BCUT2D eigenvalue weighted by atomic mass is 9.93. The second-order valence-electron chi connectivity index (χ2n) is 3.47. The normalized spacial score (nSPS) is 10.4. The first kappa shape index (κ1) is 9.01. The minimum Gasteiger partial charge on any atom is -0.0622 e. The summed E-state index contributed by atoms with van der Waals surface area (Å²) in [4.78, 5) is 0. The maximum atomic E-state index is 3.04. The highest BCUT2D eigenvalue weighted by Crippen LogP contribution is 2.22. The molecule has 0 N–H and O–H groups in total. The minimum absolute atomic E-state index is 0.464. The predicted octanol–water partition coefficient (Wildman–Crippen LogP) is 3.64. The van der Waals surface area contributed by atoms with Gasteiger partial charge in [0, 0.05) is 5.92 Å². The maximum absolute atomic E-state index is 3.04. The zero-order chi connectivity index (χ0) is 9.80. The van der Waals surface area contributed by atoms with E-state index in [0.717, 1.165) is 0 Å². The number of hydrogen-bond donors (Lipinski definition) is 0. The summed E-state index contributed by atoms with van der Waals surface area (Å²) in [6.45, 7) is 2.23. The lowest BCUT2D eigenvalue weighted by Gasteiger charge is -2.11. The number of rotatable bonds is 2. The van der Waals surface area contributed by atoms with E-state index in [-0.39, 0.29) is 0 Å². The smallest absolute Gasteiger partial charge is 0.00610 e. The summed E-state index contributed by atoms with van der Waals surface area (Å²) < 4.78 is 0. The molecule has 0 saturated heterocycles. The first-order valence-corrected chi connectivity index (χ1v) is 4.89. The van der Waals surface area contributed by atoms with E-state index in [9.17, 15) is 0 Å². The molecule has 0 fully saturated rings. The van der Waals surface area contributed by atoms with E-state index in [1.807, 2.05) is 12.1 Å². The molecule has 14 heavy (non-hydrogen) atoms. The quantitative estimate of drug-likeness (QED) is 0.663. The van der Waals surface area contributed by atoms with Crippen molar-refractivity contribution in [3.63, 3.8) is 0 Å². The van der Waals surface area contributed by atoms with Crippen LogP contribution in [0.1, 0.15) is 24.0 Å². The second-order valence-corrected chi connectivity index (χ2v) is 3.47. The fourth-order valence-corrected chi connectivity index (χ4v) is 1.62. The van der Waals surface area contributed by atoms with Crippen LogP contribution in [0.5, 0.6) is 0 Å². The zero-order valence-corrected chi connectivity index (χ0v) is 8.27. The largest absolute Gasteiger partial charge is 0.0622 e. The molecule has 0 aliphatic heterocycles. The van der Waals surface area contributed by atoms with Crippen molar-refractivity contribution < 1.29 is 0 Å². The van der Waals surface area contributed by atoms with Gasteiger partial charge in [-0.3, -0.25) is 0 Å². The van der Waals surface area contributed by atoms with Crippen molar-refractivity contribution in [2.24, 2.45) is 0 Å². The third-order valence-electron chi connectivity index (χ3n) is 2.54. The molecule has 2 rings (SSSR count). The van der Waals surface area contributed by atoms with E-state index in [2.05, 4.69) is 55.5 Å². The average molecular weight is 181 g/mol. The first-order chi connectivity index (χ1) is 6.88. The molecule has 0 heteroatoms. The molecule has 0 aliphatic carbocycles. The molecule has 0 spiro atoms. The van der Waals surface area contributed by atoms with E-state index in [1.165, 1.54) is 11.1 Å². The highest BCUT2D eigenvalue weighted by Gasteiger charge is 2.05. The van der Waals surface area contributed by atoms with Gasteiger partial charge in [0.25, 0.3) is 0 Å². The highest BCUT2D eigenvalue weighted by atomic mass is 14.1. The first-order valence-electron chi connectivity index (χ1n) is 4.89. The fourth-order valence-electron chi connectivity index (χ4n) is 1.62. The van der Waals surface area contributed by atoms with Crippen LogP contribution in [-0.4, -0.2) is 0 Å². The topological polar surface area (TPSA) is 0 Å². The summed E-state index contributed by atoms with van der Waals surface area (Å²) in [6.07, 6.45) is 0. The van der Waals surface area contributed by atoms with E-state index < -0.39 is 0 Å². The summed E-state index contributed by atoms with van der Waals surface area (Å²) in [6, 6.07) is 21.8. The van der Waals surface area contributed by atoms with Crippen LogP contribution in [0.4, 0.5) is 0 Å². The van der Waals surface area contributed by atoms with Crippen LogP contribution in [0.25, 0.3) is 0 Å². The molecular formula is C14H13. The lowest BCUT2D eigenvalue weighted by molar-refractivity contribution is 0.922. The summed E-state index contributed by atoms with van der Waals surface area (Å²) in [5, 5.41) is 0. The monoisotopic (exact) mass is 181 g/mol. The van der Waals surface area contributed by atoms with Crippen LogP contribution >= 0.6 is 0 Å². The SMILES string of the molecule is C[C@@H](c1cc[c]cc1)c1ccccc1. The van der Waals surface area contributed by atoms with Crippen molar-refractivity contribution in [3.8, 4) is 0 Å². The van der Waals surface area contributed by atoms with Gasteiger partial charge >= 0.3 is 0 Å². The van der Waals surface area contributed by atoms with Gasteiger partial charge in [-0.2, -0.15) is 0 Å². The van der Waals surface area contributed by atoms with Gasteiger partial charge in [-0.1, -0.05) is 61.5 Å². The molecule has 69 valence electrons. The van der Waals surface area contributed by atoms with Crippen LogP contribution in [0.2, 0.25) is 0 Å². The molecule has 1 atom stereocenters. The molecule has 0 amide bonds. The minimum atomic E-state index is 0.464. The molecule has 0 bridgehead atoms. The summed E-state index contributed by atoms with van der Waals surface area (Å²) >= 11 is 0. The van der Waals surface area contributed by atoms with E-state index >= 15 is 0 Å². The van der Waals surface area contributed by atoms with Gasteiger partial charge in [0.15, 0.2) is 0 Å². The Hall–Kier alpha value is -1.56. The van der Waals surface area contributed by atoms with Gasteiger partial charge in [-0.15, -0.1) is 0 Å². The number of benzene rings is 2. The standard InChI is InChI=1S/C14H13/c1-12(13-8-4-2-5-9-13)14-10-6-3-7-11-14/h2,4-12H,1H3/t12-/m1/s1. The zero-order valence-electron chi connectivity index (χ0n) is 8.27. The Morgan fingerprint density at radius 2 is 1.43 bits per heavy atom. The van der Waals surface area contributed by atoms with Crippen molar-refractivity contribution in [3.05, 3.63) is 71.8 Å². The van der Waals surface area contributed by atoms with Crippen LogP contribution in [0.15, 0.2) is 54.6 Å². The Kier molecular flexibility index (Phi) is 2.64. The van der Waals surface area contributed by atoms with Crippen molar-refractivity contribution in [2.45, 2.75) is 12.8 Å². The maximum Gasteiger partial charge on any atom is 0.00610 e. The van der Waals surface area contributed by atoms with Crippen LogP contribution in [-0.2, 0) is 0 Å². The Morgan fingerprint density at radius 1 is 0.857 bits per heavy atom. The fraction of sp³-hybridized carbons (Fsp3) is 0.143. The van der Waals surface area contributed by atoms with Crippen molar-refractivity contribution >= 4 is 0 Å². The Bertz CT molecular complexity index is 336. The van der Waals surface area contributed by atoms with Gasteiger partial charge in [0.2, 0.25) is 0 Å². The van der Waals surface area contributed by atoms with Gasteiger partial charge < -0.3 is 0 Å². The predicted molar refractivity (Wildman–Crippen MR) is 59.2 cm³/mol. The molecule has 2 aromatic rings. The highest BCUT2D eigenvalue weighted by molar-refractivity contribution is 5.30. The Labute approximate surface area is 85.2 Å². The van der Waals surface area contributed by atoms with Crippen molar-refractivity contribution in [1.29, 1.82) is 0 Å². The molecule has 0 unspecified atom stereocenters. The van der Waals surface area contributed by atoms with Gasteiger partial charge in [-0.25, -0.2) is 0 Å². The molecule has 0 nitrogen and oxygen atoms in total. The molecule has 0 saturated carbocycles. The second kappa shape index (κ2) is 4.10. The van der Waals surface area contributed by atoms with E-state index in [0.29, 0.717) is 5.92 Å². The van der Waals surface area contributed by atoms with Gasteiger partial charge in [0.1, 0.15) is 0 Å². The van der Waals surface area contributed by atoms with Crippen molar-refractivity contribution in [1.82, 2.24) is 0 Å². The number of hydrogen-bond acceptors (Lipinski definition) is 0. The molecule has 0 heterocycles. The molecule has 0 aliphatic rings. The summed E-state index contributed by atoms with van der Waals surface area (Å²) in [5.41, 5.74) is 2.70. The lowest BCUT2D eigenvalue weighted by Crippen LogP contribution is -1.94. The van der Waals surface area contributed by atoms with E-state index in [4.69, 9.17) is 0 Å². The third kappa shape index (κ3) is 1.85. The molecular weight excluding hydrogens is 168 g/mol. The molecule has 2 aromatic carbocycles. The molecule has 0 aromatic heterocycles. The molecule has 1 radical (unpaired) electrons. The van der Waals surface area contributed by atoms with Gasteiger partial charge in [0.05, 0.1) is 0 Å². The summed E-state index contributed by atoms with van der Waals surface area (Å²) in [5.74, 6) is 0.464. The average Bonchev–Trinajstić information content (AvgIpc) is 2.30. The summed E-state index contributed by atoms with van der Waals surface area (Å²) in [7, 11) is 0. The van der Waals surface area contributed by atoms with Crippen LogP contribution in [0.3, 0.4) is 0 Å². The third-order valence-corrected chi connectivity index (χ3v) is 2.54. The van der Waals surface area contributed by atoms with Crippen LogP contribution in [0, 0.1) is 6.07 Å². The van der Waals surface area contributed by atoms with Crippen molar-refractivity contribution in [2.75, 3.05) is 0 Å². The Balaban J connectivity index is 2.30. The Morgan fingerprint density at radius 3 is 2.07 bits per heavy atom. The van der Waals surface area contributed by atoms with E-state index in [1.54, 1.807) is 0 Å². The van der Waals surface area contributed by atoms with Gasteiger partial charge in [-0.05, 0) is 17.2 Å². The van der Waals surface area contributed by atoms with Crippen LogP contribution < -0.4 is 0 Å².